The van der Waals surface area contributed by atoms with Crippen molar-refractivity contribution in [3.8, 4) is 0 Å². The first-order valence-electron chi connectivity index (χ1n) is 6.17. The van der Waals surface area contributed by atoms with Gasteiger partial charge in [-0.3, -0.25) is 4.79 Å². The van der Waals surface area contributed by atoms with Gasteiger partial charge in [0.15, 0.2) is 0 Å². The summed E-state index contributed by atoms with van der Waals surface area (Å²) in [5.41, 5.74) is 8.07. The lowest BCUT2D eigenvalue weighted by molar-refractivity contribution is -0.142. The standard InChI is InChI=1S/C16H17NO2.ClH/c1-19-16(18)15(17)14(12-8-4-2-5-9-12)13-10-6-3-7-11-13;/h2-11,14-15H,17H2,1H3;1H/t15-;/m0./s1. The van der Waals surface area contributed by atoms with Gasteiger partial charge in [-0.2, -0.15) is 0 Å². The Kier molecular flexibility index (Phi) is 6.22. The Balaban J connectivity index is 0.00000200. The lowest BCUT2D eigenvalue weighted by atomic mass is 9.85. The highest BCUT2D eigenvalue weighted by Crippen LogP contribution is 2.27. The van der Waals surface area contributed by atoms with Crippen LogP contribution in [-0.4, -0.2) is 19.1 Å². The molecule has 0 fully saturated rings. The molecular formula is C16H18ClNO2. The van der Waals surface area contributed by atoms with E-state index in [0.717, 1.165) is 11.1 Å². The predicted octanol–water partition coefficient (Wildman–Crippen LogP) is 2.74. The molecule has 0 unspecified atom stereocenters. The summed E-state index contributed by atoms with van der Waals surface area (Å²) in [6.07, 6.45) is 0. The van der Waals surface area contributed by atoms with Crippen molar-refractivity contribution in [2.75, 3.05) is 7.11 Å². The Labute approximate surface area is 125 Å². The number of carbonyl (C=O) groups is 1. The fourth-order valence-electron chi connectivity index (χ4n) is 2.20. The maximum atomic E-state index is 11.8. The van der Waals surface area contributed by atoms with Crippen molar-refractivity contribution in [3.05, 3.63) is 71.8 Å². The van der Waals surface area contributed by atoms with Gasteiger partial charge in [-0.15, -0.1) is 12.4 Å². The zero-order chi connectivity index (χ0) is 13.7. The van der Waals surface area contributed by atoms with Crippen LogP contribution < -0.4 is 5.73 Å². The average Bonchev–Trinajstić information content (AvgIpc) is 2.49. The molecule has 1 atom stereocenters. The summed E-state index contributed by atoms with van der Waals surface area (Å²) in [6.45, 7) is 0. The van der Waals surface area contributed by atoms with Gasteiger partial charge in [0.05, 0.1) is 7.11 Å². The van der Waals surface area contributed by atoms with Crippen LogP contribution in [0.15, 0.2) is 60.7 Å². The summed E-state index contributed by atoms with van der Waals surface area (Å²) in [5.74, 6) is -0.604. The van der Waals surface area contributed by atoms with E-state index in [0.29, 0.717) is 0 Å². The minimum absolute atomic E-state index is 0. The molecule has 0 aliphatic rings. The molecule has 0 aliphatic carbocycles. The molecule has 2 N–H and O–H groups in total. The molecule has 2 aromatic rings. The van der Waals surface area contributed by atoms with E-state index in [1.165, 1.54) is 7.11 Å². The third kappa shape index (κ3) is 3.59. The summed E-state index contributed by atoms with van der Waals surface area (Å²) in [4.78, 5) is 11.8. The Morgan fingerprint density at radius 1 is 0.950 bits per heavy atom. The number of carbonyl (C=O) groups excluding carboxylic acids is 1. The Morgan fingerprint density at radius 2 is 1.35 bits per heavy atom. The summed E-state index contributed by atoms with van der Waals surface area (Å²) >= 11 is 0. The second-order valence-corrected chi connectivity index (χ2v) is 4.35. The molecule has 0 saturated carbocycles. The molecule has 3 nitrogen and oxygen atoms in total. The van der Waals surface area contributed by atoms with Gasteiger partial charge in [0.2, 0.25) is 0 Å². The molecule has 4 heteroatoms. The molecule has 0 aliphatic heterocycles. The number of hydrogen-bond donors (Lipinski definition) is 1. The second-order valence-electron chi connectivity index (χ2n) is 4.35. The van der Waals surface area contributed by atoms with E-state index in [1.54, 1.807) is 0 Å². The van der Waals surface area contributed by atoms with Crippen molar-refractivity contribution < 1.29 is 9.53 Å². The summed E-state index contributed by atoms with van der Waals surface area (Å²) in [6, 6.07) is 18.8. The quantitative estimate of drug-likeness (QED) is 0.881. The number of ether oxygens (including phenoxy) is 1. The van der Waals surface area contributed by atoms with Crippen LogP contribution >= 0.6 is 12.4 Å². The van der Waals surface area contributed by atoms with Gasteiger partial charge in [0.1, 0.15) is 6.04 Å². The van der Waals surface area contributed by atoms with Crippen molar-refractivity contribution in [1.82, 2.24) is 0 Å². The molecule has 0 amide bonds. The van der Waals surface area contributed by atoms with Gasteiger partial charge in [0, 0.05) is 5.92 Å². The first-order valence-corrected chi connectivity index (χ1v) is 6.17. The van der Waals surface area contributed by atoms with Crippen molar-refractivity contribution in [2.24, 2.45) is 5.73 Å². The van der Waals surface area contributed by atoms with E-state index < -0.39 is 12.0 Å². The lowest BCUT2D eigenvalue weighted by Gasteiger charge is -2.23. The van der Waals surface area contributed by atoms with Crippen molar-refractivity contribution in [2.45, 2.75) is 12.0 Å². The topological polar surface area (TPSA) is 52.3 Å². The SMILES string of the molecule is COC(=O)[C@@H](N)C(c1ccccc1)c1ccccc1.Cl. The van der Waals surface area contributed by atoms with Gasteiger partial charge >= 0.3 is 5.97 Å². The molecule has 2 rings (SSSR count). The zero-order valence-electron chi connectivity index (χ0n) is 11.2. The van der Waals surface area contributed by atoms with Gasteiger partial charge < -0.3 is 10.5 Å². The largest absolute Gasteiger partial charge is 0.468 e. The van der Waals surface area contributed by atoms with Gasteiger partial charge in [0.25, 0.3) is 0 Å². The highest BCUT2D eigenvalue weighted by atomic mass is 35.5. The van der Waals surface area contributed by atoms with Crippen LogP contribution in [0.3, 0.4) is 0 Å². The van der Waals surface area contributed by atoms with E-state index in [-0.39, 0.29) is 18.3 Å². The molecule has 2 aromatic carbocycles. The van der Waals surface area contributed by atoms with Crippen LogP contribution in [0.4, 0.5) is 0 Å². The maximum Gasteiger partial charge on any atom is 0.323 e. The van der Waals surface area contributed by atoms with Gasteiger partial charge in [-0.1, -0.05) is 60.7 Å². The fourth-order valence-corrected chi connectivity index (χ4v) is 2.20. The number of nitrogens with two attached hydrogens (primary N) is 1. The molecule has 20 heavy (non-hydrogen) atoms. The second kappa shape index (κ2) is 7.68. The first kappa shape index (κ1) is 16.2. The normalized spacial score (nSPS) is 11.6. The minimum atomic E-state index is -0.713. The Bertz CT molecular complexity index is 491. The lowest BCUT2D eigenvalue weighted by Crippen LogP contribution is -2.38. The molecule has 0 bridgehead atoms. The van der Waals surface area contributed by atoms with E-state index >= 15 is 0 Å². The van der Waals surface area contributed by atoms with E-state index in [4.69, 9.17) is 10.5 Å². The van der Waals surface area contributed by atoms with E-state index in [9.17, 15) is 4.79 Å². The molecular weight excluding hydrogens is 274 g/mol. The number of halogens is 1. The summed E-state index contributed by atoms with van der Waals surface area (Å²) in [7, 11) is 1.36. The molecule has 0 aromatic heterocycles. The number of esters is 1. The third-order valence-corrected chi connectivity index (χ3v) is 3.15. The van der Waals surface area contributed by atoms with Crippen molar-refractivity contribution >= 4 is 18.4 Å². The van der Waals surface area contributed by atoms with Crippen LogP contribution in [0.1, 0.15) is 17.0 Å². The smallest absolute Gasteiger partial charge is 0.323 e. The molecule has 0 radical (unpaired) electrons. The van der Waals surface area contributed by atoms with Gasteiger partial charge in [-0.25, -0.2) is 0 Å². The van der Waals surface area contributed by atoms with E-state index in [1.807, 2.05) is 60.7 Å². The predicted molar refractivity (Wildman–Crippen MR) is 82.0 cm³/mol. The van der Waals surface area contributed by atoms with Crippen LogP contribution in [0, 0.1) is 0 Å². The third-order valence-electron chi connectivity index (χ3n) is 3.15. The van der Waals surface area contributed by atoms with Crippen LogP contribution in [0.25, 0.3) is 0 Å². The molecule has 0 spiro atoms. The minimum Gasteiger partial charge on any atom is -0.468 e. The number of rotatable bonds is 4. The van der Waals surface area contributed by atoms with Crippen molar-refractivity contribution in [1.29, 1.82) is 0 Å². The Morgan fingerprint density at radius 3 is 1.70 bits per heavy atom. The van der Waals surface area contributed by atoms with Crippen molar-refractivity contribution in [3.63, 3.8) is 0 Å². The molecule has 0 saturated heterocycles. The first-order chi connectivity index (χ1) is 9.24. The highest BCUT2D eigenvalue weighted by Gasteiger charge is 2.28. The van der Waals surface area contributed by atoms with Crippen LogP contribution in [0.5, 0.6) is 0 Å². The summed E-state index contributed by atoms with van der Waals surface area (Å²) in [5, 5.41) is 0. The van der Waals surface area contributed by atoms with E-state index in [2.05, 4.69) is 0 Å². The number of hydrogen-bond acceptors (Lipinski definition) is 3. The number of methoxy groups -OCH3 is 1. The average molecular weight is 292 g/mol. The summed E-state index contributed by atoms with van der Waals surface area (Å²) < 4.78 is 4.77. The fraction of sp³-hybridized carbons (Fsp3) is 0.188. The maximum absolute atomic E-state index is 11.8. The monoisotopic (exact) mass is 291 g/mol. The molecule has 0 heterocycles. The Hall–Kier alpha value is -1.84. The molecule has 106 valence electrons. The zero-order valence-corrected chi connectivity index (χ0v) is 12.0. The highest BCUT2D eigenvalue weighted by molar-refractivity contribution is 5.85. The van der Waals surface area contributed by atoms with Crippen LogP contribution in [0.2, 0.25) is 0 Å². The van der Waals surface area contributed by atoms with Gasteiger partial charge in [-0.05, 0) is 11.1 Å². The van der Waals surface area contributed by atoms with Crippen LogP contribution in [-0.2, 0) is 9.53 Å². The number of benzene rings is 2.